The number of hydrogen-bond donors (Lipinski definition) is 2. The van der Waals surface area contributed by atoms with E-state index in [9.17, 15) is 14.4 Å². The summed E-state index contributed by atoms with van der Waals surface area (Å²) < 4.78 is 10.6. The number of carbonyl (C=O) groups excluding carboxylic acids is 3. The van der Waals surface area contributed by atoms with Gasteiger partial charge in [0.15, 0.2) is 11.5 Å². The van der Waals surface area contributed by atoms with Crippen LogP contribution in [0, 0.1) is 6.92 Å². The van der Waals surface area contributed by atoms with Crippen molar-refractivity contribution in [3.8, 4) is 11.5 Å². The van der Waals surface area contributed by atoms with Crippen molar-refractivity contribution in [1.29, 1.82) is 0 Å². The fraction of sp³-hybridized carbons (Fsp3) is 0.269. The van der Waals surface area contributed by atoms with Crippen LogP contribution in [-0.2, 0) is 15.1 Å². The highest BCUT2D eigenvalue weighted by atomic mass is 32.1. The summed E-state index contributed by atoms with van der Waals surface area (Å²) in [5.41, 5.74) is 1.20. The van der Waals surface area contributed by atoms with Crippen LogP contribution in [0.4, 0.5) is 4.79 Å². The van der Waals surface area contributed by atoms with Crippen molar-refractivity contribution in [2.75, 3.05) is 20.8 Å². The van der Waals surface area contributed by atoms with Gasteiger partial charge in [-0.25, -0.2) is 4.79 Å². The van der Waals surface area contributed by atoms with Crippen LogP contribution in [0.1, 0.15) is 34.5 Å². The number of methoxy groups -OCH3 is 2. The second-order valence-electron chi connectivity index (χ2n) is 8.44. The van der Waals surface area contributed by atoms with E-state index in [4.69, 9.17) is 9.47 Å². The molecule has 1 fully saturated rings. The molecule has 8 nitrogen and oxygen atoms in total. The van der Waals surface area contributed by atoms with Crippen molar-refractivity contribution in [3.63, 3.8) is 0 Å². The summed E-state index contributed by atoms with van der Waals surface area (Å²) in [6.45, 7) is 3.20. The Hall–Kier alpha value is -3.85. The van der Waals surface area contributed by atoms with Crippen LogP contribution in [0.5, 0.6) is 11.5 Å². The molecule has 182 valence electrons. The van der Waals surface area contributed by atoms with Crippen LogP contribution >= 0.6 is 11.3 Å². The molecule has 1 aromatic heterocycles. The molecule has 2 aromatic carbocycles. The van der Waals surface area contributed by atoms with Gasteiger partial charge < -0.3 is 20.1 Å². The average molecular weight is 494 g/mol. The molecule has 0 radical (unpaired) electrons. The molecule has 0 spiro atoms. The van der Waals surface area contributed by atoms with Crippen molar-refractivity contribution in [1.82, 2.24) is 15.5 Å². The third-order valence-electron chi connectivity index (χ3n) is 6.08. The first-order chi connectivity index (χ1) is 16.8. The molecule has 0 bridgehead atoms. The summed E-state index contributed by atoms with van der Waals surface area (Å²) in [7, 11) is 3.01. The summed E-state index contributed by atoms with van der Waals surface area (Å²) >= 11 is 1.52. The minimum atomic E-state index is -1.35. The highest BCUT2D eigenvalue weighted by Crippen LogP contribution is 2.35. The minimum absolute atomic E-state index is 0.388. The predicted molar refractivity (Wildman–Crippen MR) is 133 cm³/mol. The fourth-order valence-corrected chi connectivity index (χ4v) is 4.87. The first-order valence-corrected chi connectivity index (χ1v) is 11.9. The lowest BCUT2D eigenvalue weighted by Crippen LogP contribution is -2.44. The molecule has 9 heteroatoms. The number of nitrogens with zero attached hydrogens (tertiary/aromatic N) is 1. The molecule has 1 aliphatic rings. The maximum absolute atomic E-state index is 13.3. The number of hydrogen-bond acceptors (Lipinski definition) is 6. The number of nitrogens with one attached hydrogen (secondary N) is 2. The van der Waals surface area contributed by atoms with Crippen LogP contribution in [0.3, 0.4) is 0 Å². The highest BCUT2D eigenvalue weighted by molar-refractivity contribution is 7.10. The lowest BCUT2D eigenvalue weighted by Gasteiger charge is -2.24. The Labute approximate surface area is 207 Å². The molecule has 4 amide bonds. The predicted octanol–water partition coefficient (Wildman–Crippen LogP) is 3.75. The summed E-state index contributed by atoms with van der Waals surface area (Å²) in [6.07, 6.45) is 0. The molecule has 2 N–H and O–H groups in total. The summed E-state index contributed by atoms with van der Waals surface area (Å²) in [6, 6.07) is 15.7. The normalized spacial score (nSPS) is 18.2. The van der Waals surface area contributed by atoms with Gasteiger partial charge in [-0.1, -0.05) is 42.0 Å². The molecule has 2 atom stereocenters. The zero-order chi connectivity index (χ0) is 25.2. The van der Waals surface area contributed by atoms with Crippen LogP contribution < -0.4 is 20.1 Å². The number of thiophene rings is 1. The van der Waals surface area contributed by atoms with Gasteiger partial charge in [0.2, 0.25) is 5.91 Å². The molecule has 2 heterocycles. The quantitative estimate of drug-likeness (QED) is 0.466. The third kappa shape index (κ3) is 4.72. The number of carbonyl (C=O) groups is 3. The first kappa shape index (κ1) is 24.3. The maximum Gasteiger partial charge on any atom is 0.325 e. The molecule has 0 unspecified atom stereocenters. The number of urea groups is 1. The lowest BCUT2D eigenvalue weighted by atomic mass is 9.91. The first-order valence-electron chi connectivity index (χ1n) is 11.0. The number of ether oxygens (including phenoxy) is 2. The topological polar surface area (TPSA) is 97.0 Å². The Morgan fingerprint density at radius 1 is 1.09 bits per heavy atom. The smallest absolute Gasteiger partial charge is 0.325 e. The van der Waals surface area contributed by atoms with Gasteiger partial charge in [0.05, 0.1) is 20.3 Å². The molecule has 35 heavy (non-hydrogen) atoms. The van der Waals surface area contributed by atoms with Crippen molar-refractivity contribution in [3.05, 3.63) is 81.5 Å². The Kier molecular flexibility index (Phi) is 6.79. The van der Waals surface area contributed by atoms with Gasteiger partial charge >= 0.3 is 6.03 Å². The summed E-state index contributed by atoms with van der Waals surface area (Å²) in [5, 5.41) is 7.65. The molecule has 1 saturated heterocycles. The molecule has 0 aliphatic carbocycles. The second-order valence-corrected chi connectivity index (χ2v) is 9.42. The second kappa shape index (κ2) is 9.79. The zero-order valence-corrected chi connectivity index (χ0v) is 20.8. The summed E-state index contributed by atoms with van der Waals surface area (Å²) in [5.74, 6) is -0.0261. The van der Waals surface area contributed by atoms with Gasteiger partial charge in [0.1, 0.15) is 12.1 Å². The fourth-order valence-electron chi connectivity index (χ4n) is 4.07. The van der Waals surface area contributed by atoms with Crippen molar-refractivity contribution >= 4 is 29.2 Å². The van der Waals surface area contributed by atoms with E-state index in [0.29, 0.717) is 17.1 Å². The van der Waals surface area contributed by atoms with E-state index in [1.807, 2.05) is 48.7 Å². The van der Waals surface area contributed by atoms with Crippen molar-refractivity contribution < 1.29 is 23.9 Å². The number of imide groups is 1. The summed E-state index contributed by atoms with van der Waals surface area (Å²) in [4.78, 5) is 41.1. The molecule has 1 aliphatic heterocycles. The van der Waals surface area contributed by atoms with Gasteiger partial charge in [0, 0.05) is 4.88 Å². The number of rotatable bonds is 8. The van der Waals surface area contributed by atoms with Crippen molar-refractivity contribution in [2.24, 2.45) is 0 Å². The Bertz CT molecular complexity index is 1240. The van der Waals surface area contributed by atoms with E-state index in [2.05, 4.69) is 10.6 Å². The Morgan fingerprint density at radius 2 is 1.80 bits per heavy atom. The highest BCUT2D eigenvalue weighted by Gasteiger charge is 2.49. The minimum Gasteiger partial charge on any atom is -0.493 e. The van der Waals surface area contributed by atoms with E-state index < -0.39 is 29.9 Å². The van der Waals surface area contributed by atoms with Crippen LogP contribution in [0.25, 0.3) is 0 Å². The zero-order valence-electron chi connectivity index (χ0n) is 20.0. The standard InChI is InChI=1S/C26H27N3O5S/c1-16-7-9-17(10-8-16)23(21-6-5-13-35-21)27-22(30)15-29-24(31)26(2,28-25(29)32)18-11-12-19(33-3)20(14-18)34-4/h5-14,23H,15H2,1-4H3,(H,27,30)(H,28,32)/t23-,26-/m1/s1. The van der Waals surface area contributed by atoms with E-state index in [-0.39, 0.29) is 6.04 Å². The van der Waals surface area contributed by atoms with Crippen LogP contribution in [0.2, 0.25) is 0 Å². The van der Waals surface area contributed by atoms with Crippen LogP contribution in [0.15, 0.2) is 60.0 Å². The monoisotopic (exact) mass is 493 g/mol. The lowest BCUT2D eigenvalue weighted by molar-refractivity contribution is -0.135. The van der Waals surface area contributed by atoms with E-state index in [0.717, 1.165) is 20.9 Å². The largest absolute Gasteiger partial charge is 0.493 e. The van der Waals surface area contributed by atoms with Crippen LogP contribution in [-0.4, -0.2) is 43.5 Å². The maximum atomic E-state index is 13.3. The van der Waals surface area contributed by atoms with Gasteiger partial charge in [0.25, 0.3) is 5.91 Å². The van der Waals surface area contributed by atoms with E-state index >= 15 is 0 Å². The van der Waals surface area contributed by atoms with Gasteiger partial charge in [-0.2, -0.15) is 0 Å². The number of benzene rings is 2. The van der Waals surface area contributed by atoms with E-state index in [1.54, 1.807) is 25.1 Å². The third-order valence-corrected chi connectivity index (χ3v) is 7.02. The van der Waals surface area contributed by atoms with Gasteiger partial charge in [-0.15, -0.1) is 11.3 Å². The average Bonchev–Trinajstić information content (AvgIpc) is 3.46. The molecular weight excluding hydrogens is 466 g/mol. The number of aryl methyl sites for hydroxylation is 1. The molecule has 0 saturated carbocycles. The SMILES string of the molecule is COc1ccc([C@@]2(C)NC(=O)N(CC(=O)N[C@H](c3ccc(C)cc3)c3cccs3)C2=O)cc1OC. The van der Waals surface area contributed by atoms with Crippen molar-refractivity contribution in [2.45, 2.75) is 25.4 Å². The molecule has 3 aromatic rings. The Morgan fingerprint density at radius 3 is 2.43 bits per heavy atom. The van der Waals surface area contributed by atoms with Gasteiger partial charge in [-0.05, 0) is 48.6 Å². The Balaban J connectivity index is 1.54. The number of amides is 4. The molecular formula is C26H27N3O5S. The van der Waals surface area contributed by atoms with Gasteiger partial charge in [-0.3, -0.25) is 14.5 Å². The molecule has 4 rings (SSSR count). The van der Waals surface area contributed by atoms with E-state index in [1.165, 1.54) is 25.6 Å².